The van der Waals surface area contributed by atoms with Crippen molar-refractivity contribution in [3.63, 3.8) is 0 Å². The number of carbonyl (C=O) groups excluding carboxylic acids is 1. The van der Waals surface area contributed by atoms with Gasteiger partial charge in [0, 0.05) is 62.0 Å². The van der Waals surface area contributed by atoms with Crippen molar-refractivity contribution in [2.24, 2.45) is 0 Å². The Morgan fingerprint density at radius 3 is 2.34 bits per heavy atom. The zero-order valence-corrected chi connectivity index (χ0v) is 19.8. The van der Waals surface area contributed by atoms with Crippen LogP contribution in [0.5, 0.6) is 0 Å². The SMILES string of the molecule is Cc1ccc(Cn2cc(/C=C/C(=O)N3CCN(c4ncccn4)CC3)c(-c3ccccc3)n2)cc1. The minimum atomic E-state index is 0.00364. The molecular weight excluding hydrogens is 436 g/mol. The minimum absolute atomic E-state index is 0.00364. The van der Waals surface area contributed by atoms with Crippen molar-refractivity contribution in [3.8, 4) is 11.3 Å². The molecule has 1 aliphatic heterocycles. The molecule has 176 valence electrons. The van der Waals surface area contributed by atoms with E-state index in [9.17, 15) is 4.79 Å². The number of amides is 1. The molecule has 1 fully saturated rings. The number of benzene rings is 2. The van der Waals surface area contributed by atoms with Crippen molar-refractivity contribution in [2.75, 3.05) is 31.1 Å². The summed E-state index contributed by atoms with van der Waals surface area (Å²) >= 11 is 0. The average molecular weight is 465 g/mol. The van der Waals surface area contributed by atoms with E-state index in [0.29, 0.717) is 38.7 Å². The van der Waals surface area contributed by atoms with Gasteiger partial charge in [0.1, 0.15) is 0 Å². The van der Waals surface area contributed by atoms with Crippen LogP contribution in [0, 0.1) is 6.92 Å². The second kappa shape index (κ2) is 10.3. The van der Waals surface area contributed by atoms with Crippen LogP contribution < -0.4 is 4.90 Å². The van der Waals surface area contributed by atoms with Gasteiger partial charge >= 0.3 is 0 Å². The highest BCUT2D eigenvalue weighted by Crippen LogP contribution is 2.24. The van der Waals surface area contributed by atoms with Crippen molar-refractivity contribution in [1.29, 1.82) is 0 Å². The monoisotopic (exact) mass is 464 g/mol. The second-order valence-corrected chi connectivity index (χ2v) is 8.68. The molecule has 0 N–H and O–H groups in total. The first-order valence-electron chi connectivity index (χ1n) is 11.8. The van der Waals surface area contributed by atoms with Crippen LogP contribution in [0.25, 0.3) is 17.3 Å². The molecule has 7 nitrogen and oxygen atoms in total. The van der Waals surface area contributed by atoms with E-state index in [-0.39, 0.29) is 5.91 Å². The topological polar surface area (TPSA) is 67.2 Å². The molecule has 0 radical (unpaired) electrons. The summed E-state index contributed by atoms with van der Waals surface area (Å²) in [6.07, 6.45) is 9.04. The van der Waals surface area contributed by atoms with Gasteiger partial charge in [0.25, 0.3) is 0 Å². The second-order valence-electron chi connectivity index (χ2n) is 8.68. The van der Waals surface area contributed by atoms with Crippen LogP contribution >= 0.6 is 0 Å². The van der Waals surface area contributed by atoms with Gasteiger partial charge in [0.15, 0.2) is 0 Å². The summed E-state index contributed by atoms with van der Waals surface area (Å²) < 4.78 is 1.94. The lowest BCUT2D eigenvalue weighted by molar-refractivity contribution is -0.126. The molecule has 0 spiro atoms. The number of nitrogens with zero attached hydrogens (tertiary/aromatic N) is 6. The molecule has 1 aliphatic rings. The summed E-state index contributed by atoms with van der Waals surface area (Å²) in [7, 11) is 0. The predicted molar refractivity (Wildman–Crippen MR) is 138 cm³/mol. The quantitative estimate of drug-likeness (QED) is 0.403. The van der Waals surface area contributed by atoms with Crippen LogP contribution in [0.2, 0.25) is 0 Å². The molecule has 3 heterocycles. The largest absolute Gasteiger partial charge is 0.337 e. The molecule has 35 heavy (non-hydrogen) atoms. The van der Waals surface area contributed by atoms with Gasteiger partial charge in [-0.25, -0.2) is 9.97 Å². The fourth-order valence-electron chi connectivity index (χ4n) is 4.19. The number of hydrogen-bond acceptors (Lipinski definition) is 5. The van der Waals surface area contributed by atoms with Crippen LogP contribution in [0.1, 0.15) is 16.7 Å². The average Bonchev–Trinajstić information content (AvgIpc) is 3.32. The lowest BCUT2D eigenvalue weighted by atomic mass is 10.1. The molecule has 0 bridgehead atoms. The van der Waals surface area contributed by atoms with E-state index in [1.165, 1.54) is 11.1 Å². The van der Waals surface area contributed by atoms with E-state index in [1.54, 1.807) is 24.5 Å². The number of anilines is 1. The fraction of sp³-hybridized carbons (Fsp3) is 0.214. The highest BCUT2D eigenvalue weighted by atomic mass is 16.2. The number of aryl methyl sites for hydroxylation is 1. The van der Waals surface area contributed by atoms with Crippen LogP contribution in [0.3, 0.4) is 0 Å². The Morgan fingerprint density at radius 1 is 0.914 bits per heavy atom. The van der Waals surface area contributed by atoms with E-state index < -0.39 is 0 Å². The van der Waals surface area contributed by atoms with E-state index in [0.717, 1.165) is 16.8 Å². The van der Waals surface area contributed by atoms with E-state index in [4.69, 9.17) is 5.10 Å². The molecule has 4 aromatic rings. The molecule has 5 rings (SSSR count). The van der Waals surface area contributed by atoms with Gasteiger partial charge in [-0.05, 0) is 24.6 Å². The molecule has 2 aromatic carbocycles. The highest BCUT2D eigenvalue weighted by molar-refractivity contribution is 5.93. The molecule has 1 saturated heterocycles. The smallest absolute Gasteiger partial charge is 0.246 e. The van der Waals surface area contributed by atoms with E-state index >= 15 is 0 Å². The van der Waals surface area contributed by atoms with Gasteiger partial charge in [0.05, 0.1) is 12.2 Å². The van der Waals surface area contributed by atoms with Crippen molar-refractivity contribution < 1.29 is 4.79 Å². The normalized spacial score (nSPS) is 14.0. The molecule has 0 saturated carbocycles. The summed E-state index contributed by atoms with van der Waals surface area (Å²) in [6.45, 7) is 5.46. The van der Waals surface area contributed by atoms with Gasteiger partial charge in [-0.15, -0.1) is 0 Å². The summed E-state index contributed by atoms with van der Waals surface area (Å²) in [5.74, 6) is 0.715. The van der Waals surface area contributed by atoms with Crippen LogP contribution in [0.4, 0.5) is 5.95 Å². The Bertz CT molecular complexity index is 1290. The van der Waals surface area contributed by atoms with Crippen LogP contribution in [0.15, 0.2) is 85.3 Å². The molecule has 0 atom stereocenters. The molecule has 2 aromatic heterocycles. The summed E-state index contributed by atoms with van der Waals surface area (Å²) in [5, 5.41) is 4.85. The standard InChI is InChI=1S/C28H28N6O/c1-22-8-10-23(11-9-22)20-34-21-25(27(31-34)24-6-3-2-4-7-24)12-13-26(35)32-16-18-33(19-17-32)28-29-14-5-15-30-28/h2-15,21H,16-20H2,1H3/b13-12+. The zero-order valence-electron chi connectivity index (χ0n) is 19.8. The maximum Gasteiger partial charge on any atom is 0.246 e. The third-order valence-corrected chi connectivity index (χ3v) is 6.13. The molecule has 1 amide bonds. The van der Waals surface area contributed by atoms with Gasteiger partial charge in [-0.2, -0.15) is 5.10 Å². The maximum absolute atomic E-state index is 13.0. The van der Waals surface area contributed by atoms with Gasteiger partial charge in [0.2, 0.25) is 11.9 Å². The first kappa shape index (κ1) is 22.5. The number of piperazine rings is 1. The Labute approximate surface area is 205 Å². The predicted octanol–water partition coefficient (Wildman–Crippen LogP) is 4.06. The lowest BCUT2D eigenvalue weighted by Crippen LogP contribution is -2.48. The first-order chi connectivity index (χ1) is 17.2. The summed E-state index contributed by atoms with van der Waals surface area (Å²) in [4.78, 5) is 25.6. The third-order valence-electron chi connectivity index (χ3n) is 6.13. The number of carbonyl (C=O) groups is 1. The summed E-state index contributed by atoms with van der Waals surface area (Å²) in [5.41, 5.74) is 5.24. The van der Waals surface area contributed by atoms with Gasteiger partial charge < -0.3 is 9.80 Å². The fourth-order valence-corrected chi connectivity index (χ4v) is 4.19. The van der Waals surface area contributed by atoms with Crippen LogP contribution in [-0.2, 0) is 11.3 Å². The minimum Gasteiger partial charge on any atom is -0.337 e. The van der Waals surface area contributed by atoms with Gasteiger partial charge in [-0.3, -0.25) is 9.48 Å². The third kappa shape index (κ3) is 5.46. The first-order valence-corrected chi connectivity index (χ1v) is 11.8. The Morgan fingerprint density at radius 2 is 1.63 bits per heavy atom. The highest BCUT2D eigenvalue weighted by Gasteiger charge is 2.21. The number of aromatic nitrogens is 4. The molecule has 0 unspecified atom stereocenters. The van der Waals surface area contributed by atoms with Crippen molar-refractivity contribution >= 4 is 17.9 Å². The Kier molecular flexibility index (Phi) is 6.66. The summed E-state index contributed by atoms with van der Waals surface area (Å²) in [6, 6.07) is 20.4. The van der Waals surface area contributed by atoms with Crippen molar-refractivity contribution in [3.05, 3.63) is 102 Å². The van der Waals surface area contributed by atoms with Crippen LogP contribution in [-0.4, -0.2) is 56.7 Å². The van der Waals surface area contributed by atoms with Gasteiger partial charge in [-0.1, -0.05) is 60.2 Å². The molecule has 0 aliphatic carbocycles. The van der Waals surface area contributed by atoms with E-state index in [1.807, 2.05) is 52.2 Å². The van der Waals surface area contributed by atoms with E-state index in [2.05, 4.69) is 46.1 Å². The maximum atomic E-state index is 13.0. The number of rotatable bonds is 6. The Balaban J connectivity index is 1.31. The Hall–Kier alpha value is -4.26. The van der Waals surface area contributed by atoms with Crippen molar-refractivity contribution in [1.82, 2.24) is 24.6 Å². The molecular formula is C28H28N6O. The lowest BCUT2D eigenvalue weighted by Gasteiger charge is -2.34. The molecule has 7 heteroatoms. The zero-order chi connectivity index (χ0) is 24.0. The van der Waals surface area contributed by atoms with Crippen molar-refractivity contribution in [2.45, 2.75) is 13.5 Å². The number of hydrogen-bond donors (Lipinski definition) is 0.